The summed E-state index contributed by atoms with van der Waals surface area (Å²) in [5.74, 6) is -1.91. The molecule has 0 aliphatic heterocycles. The first-order valence-electron chi connectivity index (χ1n) is 14.8. The lowest BCUT2D eigenvalue weighted by molar-refractivity contribution is -0.142. The molecule has 3 aromatic carbocycles. The zero-order valence-corrected chi connectivity index (χ0v) is 28.0. The van der Waals surface area contributed by atoms with Crippen molar-refractivity contribution in [3.63, 3.8) is 0 Å². The summed E-state index contributed by atoms with van der Waals surface area (Å²) < 4.78 is 58.6. The SMILES string of the molecule is CCOP(=O)(OCC)C([C@H](c1ccccc1C)[C@H](N=C(c1ccccc1)c1ccccc1)C(=O)OC)P(=O)(OCC)OCC. The van der Waals surface area contributed by atoms with Gasteiger partial charge < -0.3 is 22.8 Å². The Morgan fingerprint density at radius 3 is 1.48 bits per heavy atom. The highest BCUT2D eigenvalue weighted by Gasteiger charge is 2.59. The minimum atomic E-state index is -4.33. The molecule has 3 rings (SSSR count). The largest absolute Gasteiger partial charge is 0.467 e. The van der Waals surface area contributed by atoms with E-state index in [1.165, 1.54) is 7.11 Å². The lowest BCUT2D eigenvalue weighted by atomic mass is 9.89. The third-order valence-electron chi connectivity index (χ3n) is 6.90. The first kappa shape index (κ1) is 35.6. The number of methoxy groups -OCH3 is 1. The Bertz CT molecular complexity index is 1370. The Morgan fingerprint density at radius 2 is 1.09 bits per heavy atom. The number of hydrogen-bond acceptors (Lipinski definition) is 9. The van der Waals surface area contributed by atoms with Crippen molar-refractivity contribution >= 4 is 26.9 Å². The number of rotatable bonds is 17. The van der Waals surface area contributed by atoms with Crippen molar-refractivity contribution in [1.29, 1.82) is 0 Å². The number of carbonyl (C=O) groups excluding carboxylic acids is 1. The van der Waals surface area contributed by atoms with Gasteiger partial charge in [0.2, 0.25) is 0 Å². The molecular formula is C33H43NO8P2. The van der Waals surface area contributed by atoms with E-state index in [1.807, 2.05) is 79.7 Å². The van der Waals surface area contributed by atoms with E-state index in [2.05, 4.69) is 0 Å². The molecule has 0 aliphatic rings. The van der Waals surface area contributed by atoms with Gasteiger partial charge in [0.1, 0.15) is 0 Å². The molecule has 44 heavy (non-hydrogen) atoms. The van der Waals surface area contributed by atoms with E-state index >= 15 is 0 Å². The summed E-state index contributed by atoms with van der Waals surface area (Å²) >= 11 is 0. The van der Waals surface area contributed by atoms with Crippen LogP contribution in [0.3, 0.4) is 0 Å². The van der Waals surface area contributed by atoms with Crippen molar-refractivity contribution in [2.75, 3.05) is 33.5 Å². The van der Waals surface area contributed by atoms with Crippen LogP contribution in [0.4, 0.5) is 0 Å². The summed E-state index contributed by atoms with van der Waals surface area (Å²) in [5, 5.41) is -1.57. The monoisotopic (exact) mass is 643 g/mol. The molecule has 0 fully saturated rings. The molecule has 0 amide bonds. The highest BCUT2D eigenvalue weighted by atomic mass is 31.2. The van der Waals surface area contributed by atoms with E-state index in [0.717, 1.165) is 16.7 Å². The average Bonchev–Trinajstić information content (AvgIpc) is 3.02. The van der Waals surface area contributed by atoms with Crippen LogP contribution >= 0.6 is 15.2 Å². The molecule has 0 N–H and O–H groups in total. The zero-order chi connectivity index (χ0) is 32.2. The van der Waals surface area contributed by atoms with Gasteiger partial charge in [-0.1, -0.05) is 84.9 Å². The number of esters is 1. The van der Waals surface area contributed by atoms with Crippen LogP contribution in [0.2, 0.25) is 0 Å². The summed E-state index contributed by atoms with van der Waals surface area (Å²) in [5.41, 5.74) is 3.26. The van der Waals surface area contributed by atoms with Crippen molar-refractivity contribution < 1.29 is 36.8 Å². The first-order chi connectivity index (χ1) is 21.2. The third kappa shape index (κ3) is 8.42. The molecule has 0 saturated carbocycles. The predicted molar refractivity (Wildman–Crippen MR) is 174 cm³/mol. The maximum atomic E-state index is 14.9. The quantitative estimate of drug-likeness (QED) is 0.0827. The van der Waals surface area contributed by atoms with E-state index < -0.39 is 38.5 Å². The number of aliphatic imine (C=N–C) groups is 1. The van der Waals surface area contributed by atoms with E-state index in [4.69, 9.17) is 27.8 Å². The minimum Gasteiger partial charge on any atom is -0.467 e. The number of hydrogen-bond donors (Lipinski definition) is 0. The molecule has 11 heteroatoms. The van der Waals surface area contributed by atoms with Gasteiger partial charge in [0.15, 0.2) is 11.4 Å². The van der Waals surface area contributed by atoms with Gasteiger partial charge in [0.25, 0.3) is 0 Å². The topological polar surface area (TPSA) is 110 Å². The lowest BCUT2D eigenvalue weighted by Gasteiger charge is -2.38. The van der Waals surface area contributed by atoms with Crippen LogP contribution in [0, 0.1) is 6.92 Å². The molecule has 0 radical (unpaired) electrons. The Kier molecular flexibility index (Phi) is 13.7. The Morgan fingerprint density at radius 1 is 0.682 bits per heavy atom. The van der Waals surface area contributed by atoms with Gasteiger partial charge >= 0.3 is 21.2 Å². The van der Waals surface area contributed by atoms with Crippen molar-refractivity contribution in [2.24, 2.45) is 4.99 Å². The van der Waals surface area contributed by atoms with Gasteiger partial charge in [-0.15, -0.1) is 0 Å². The number of benzene rings is 3. The van der Waals surface area contributed by atoms with Crippen LogP contribution in [0.15, 0.2) is 89.9 Å². The third-order valence-corrected chi connectivity index (χ3v) is 13.0. The standard InChI is InChI=1S/C33H43NO8P2/c1-7-39-43(36,40-8-2)33(44(37,41-9-3)42-10-4)29(28-24-18-17-19-25(28)5)31(32(35)38-6)34-30(26-20-13-11-14-21-26)27-22-15-12-16-23-27/h11-24,29,31,33H,7-10H2,1-6H3/t29-,31+/m1/s1. The zero-order valence-electron chi connectivity index (χ0n) is 26.3. The predicted octanol–water partition coefficient (Wildman–Crippen LogP) is 8.02. The van der Waals surface area contributed by atoms with Gasteiger partial charge in [0, 0.05) is 17.0 Å². The maximum absolute atomic E-state index is 14.9. The molecule has 0 aliphatic carbocycles. The Balaban J connectivity index is 2.52. The molecule has 0 unspecified atom stereocenters. The minimum absolute atomic E-state index is 0.0159. The number of ether oxygens (including phenoxy) is 1. The van der Waals surface area contributed by atoms with E-state index in [0.29, 0.717) is 11.3 Å². The van der Waals surface area contributed by atoms with Gasteiger partial charge in [0.05, 0.1) is 39.2 Å². The van der Waals surface area contributed by atoms with Gasteiger partial charge in [-0.3, -0.25) is 14.1 Å². The molecule has 0 heterocycles. The Labute approximate surface area is 261 Å². The average molecular weight is 644 g/mol. The number of aryl methyl sites for hydroxylation is 1. The molecule has 0 bridgehead atoms. The fourth-order valence-corrected chi connectivity index (χ4v) is 11.0. The van der Waals surface area contributed by atoms with Gasteiger partial charge in [-0.2, -0.15) is 0 Å². The molecule has 2 atom stereocenters. The fraction of sp³-hybridized carbons (Fsp3) is 0.394. The van der Waals surface area contributed by atoms with E-state index in [9.17, 15) is 13.9 Å². The normalized spacial score (nSPS) is 13.3. The van der Waals surface area contributed by atoms with Crippen LogP contribution < -0.4 is 0 Å². The molecule has 238 valence electrons. The summed E-state index contributed by atoms with van der Waals surface area (Å²) in [7, 11) is -7.41. The van der Waals surface area contributed by atoms with Crippen molar-refractivity contribution in [3.05, 3.63) is 107 Å². The molecular weight excluding hydrogens is 600 g/mol. The molecule has 9 nitrogen and oxygen atoms in total. The molecule has 0 spiro atoms. The molecule has 0 aromatic heterocycles. The van der Waals surface area contributed by atoms with Crippen molar-refractivity contribution in [3.8, 4) is 0 Å². The van der Waals surface area contributed by atoms with Crippen LogP contribution in [-0.2, 0) is 36.8 Å². The van der Waals surface area contributed by atoms with Crippen LogP contribution in [-0.4, -0.2) is 56.7 Å². The summed E-state index contributed by atoms with van der Waals surface area (Å²) in [6.07, 6.45) is 0. The molecule has 0 saturated heterocycles. The molecule has 3 aromatic rings. The second-order valence-corrected chi connectivity index (χ2v) is 14.4. The van der Waals surface area contributed by atoms with Crippen molar-refractivity contribution in [1.82, 2.24) is 0 Å². The van der Waals surface area contributed by atoms with Crippen LogP contribution in [0.1, 0.15) is 55.9 Å². The summed E-state index contributed by atoms with van der Waals surface area (Å²) in [4.78, 5) is 19.0. The van der Waals surface area contributed by atoms with E-state index in [1.54, 1.807) is 39.8 Å². The van der Waals surface area contributed by atoms with Crippen LogP contribution in [0.25, 0.3) is 0 Å². The van der Waals surface area contributed by atoms with Gasteiger partial charge in [-0.05, 0) is 45.7 Å². The smallest absolute Gasteiger partial charge is 0.346 e. The second-order valence-electron chi connectivity index (χ2n) is 9.72. The number of carbonyl (C=O) groups is 1. The van der Waals surface area contributed by atoms with E-state index in [-0.39, 0.29) is 26.4 Å². The fourth-order valence-electron chi connectivity index (χ4n) is 5.17. The Hall–Kier alpha value is -2.90. The highest BCUT2D eigenvalue weighted by molar-refractivity contribution is 7.72. The summed E-state index contributed by atoms with van der Waals surface area (Å²) in [6, 6.07) is 24.7. The van der Waals surface area contributed by atoms with Crippen molar-refractivity contribution in [2.45, 2.75) is 52.0 Å². The van der Waals surface area contributed by atoms with Crippen LogP contribution in [0.5, 0.6) is 0 Å². The first-order valence-corrected chi connectivity index (χ1v) is 18.0. The number of nitrogens with zero attached hydrogens (tertiary/aromatic N) is 1. The second kappa shape index (κ2) is 17.0. The summed E-state index contributed by atoms with van der Waals surface area (Å²) in [6.45, 7) is 8.44. The maximum Gasteiger partial charge on any atom is 0.346 e. The van der Waals surface area contributed by atoms with Gasteiger partial charge in [-0.25, -0.2) is 4.79 Å². The highest BCUT2D eigenvalue weighted by Crippen LogP contribution is 2.74. The lowest BCUT2D eigenvalue weighted by Crippen LogP contribution is -2.38.